The normalized spacial score (nSPS) is 25.1. The molecule has 0 fully saturated rings. The van der Waals surface area contributed by atoms with Crippen molar-refractivity contribution in [1.29, 1.82) is 0 Å². The molecule has 0 saturated heterocycles. The molecule has 2 rings (SSSR count). The van der Waals surface area contributed by atoms with Crippen molar-refractivity contribution in [3.05, 3.63) is 27.0 Å². The number of hydrogen-bond donors (Lipinski definition) is 1. The fourth-order valence-electron chi connectivity index (χ4n) is 1.55. The van der Waals surface area contributed by atoms with E-state index < -0.39 is 23.5 Å². The Balaban J connectivity index is 2.82. The van der Waals surface area contributed by atoms with Gasteiger partial charge in [-0.2, -0.15) is 0 Å². The minimum absolute atomic E-state index is 0.398. The maximum absolute atomic E-state index is 11.6. The van der Waals surface area contributed by atoms with Crippen molar-refractivity contribution in [2.45, 2.75) is 19.1 Å². The molecular weight excluding hydrogens is 186 g/mol. The molecule has 0 amide bonds. The monoisotopic (exact) mass is 197 g/mol. The zero-order valence-corrected chi connectivity index (χ0v) is 7.91. The minimum atomic E-state index is -0.727. The lowest BCUT2D eigenvalue weighted by Crippen LogP contribution is -2.35. The van der Waals surface area contributed by atoms with Gasteiger partial charge in [-0.25, -0.2) is 23.5 Å². The SMILES string of the molecule is C[C@H]1[C@@H](O)C=Cn2c(=O)n(C)c(=O)n21. The van der Waals surface area contributed by atoms with Crippen LogP contribution in [0.3, 0.4) is 0 Å². The first-order valence-corrected chi connectivity index (χ1v) is 4.30. The van der Waals surface area contributed by atoms with Crippen LogP contribution >= 0.6 is 0 Å². The average molecular weight is 197 g/mol. The molecule has 76 valence electrons. The van der Waals surface area contributed by atoms with Gasteiger partial charge in [-0.1, -0.05) is 0 Å². The summed E-state index contributed by atoms with van der Waals surface area (Å²) in [7, 11) is 1.41. The first-order chi connectivity index (χ1) is 6.54. The minimum Gasteiger partial charge on any atom is -0.387 e. The number of hydrogen-bond acceptors (Lipinski definition) is 3. The van der Waals surface area contributed by atoms with Gasteiger partial charge in [0.15, 0.2) is 0 Å². The Morgan fingerprint density at radius 3 is 2.64 bits per heavy atom. The second kappa shape index (κ2) is 2.71. The summed E-state index contributed by atoms with van der Waals surface area (Å²) in [6.45, 7) is 1.69. The molecule has 2 heterocycles. The highest BCUT2D eigenvalue weighted by Crippen LogP contribution is 2.13. The molecule has 0 saturated carbocycles. The van der Waals surface area contributed by atoms with Crippen molar-refractivity contribution in [3.8, 4) is 0 Å². The molecule has 0 radical (unpaired) electrons. The quantitative estimate of drug-likeness (QED) is 0.565. The maximum Gasteiger partial charge on any atom is 0.351 e. The Labute approximate surface area is 79.3 Å². The number of nitrogens with zero attached hydrogens (tertiary/aromatic N) is 3. The van der Waals surface area contributed by atoms with Gasteiger partial charge in [-0.15, -0.1) is 0 Å². The van der Waals surface area contributed by atoms with Gasteiger partial charge in [0.1, 0.15) is 0 Å². The number of rotatable bonds is 0. The van der Waals surface area contributed by atoms with E-state index in [0.29, 0.717) is 0 Å². The Bertz CT molecular complexity index is 505. The predicted molar refractivity (Wildman–Crippen MR) is 50.0 cm³/mol. The van der Waals surface area contributed by atoms with E-state index in [2.05, 4.69) is 0 Å². The number of aliphatic hydroxyl groups excluding tert-OH is 1. The third-order valence-corrected chi connectivity index (χ3v) is 2.50. The molecule has 1 aliphatic rings. The lowest BCUT2D eigenvalue weighted by Gasteiger charge is -2.21. The topological polar surface area (TPSA) is 69.2 Å². The average Bonchev–Trinajstić information content (AvgIpc) is 2.38. The zero-order valence-electron chi connectivity index (χ0n) is 7.91. The van der Waals surface area contributed by atoms with Gasteiger partial charge in [0.2, 0.25) is 0 Å². The van der Waals surface area contributed by atoms with Crippen LogP contribution in [0.5, 0.6) is 0 Å². The molecule has 0 aliphatic carbocycles. The van der Waals surface area contributed by atoms with E-state index in [1.807, 2.05) is 0 Å². The van der Waals surface area contributed by atoms with Gasteiger partial charge in [0, 0.05) is 13.2 Å². The van der Waals surface area contributed by atoms with E-state index in [1.54, 1.807) is 6.92 Å². The second-order valence-corrected chi connectivity index (χ2v) is 3.39. The van der Waals surface area contributed by atoms with Gasteiger partial charge in [0.25, 0.3) is 0 Å². The molecule has 1 aromatic rings. The first kappa shape index (κ1) is 9.01. The van der Waals surface area contributed by atoms with Crippen molar-refractivity contribution in [2.75, 3.05) is 0 Å². The smallest absolute Gasteiger partial charge is 0.351 e. The summed E-state index contributed by atoms with van der Waals surface area (Å²) in [6.07, 6.45) is 2.18. The summed E-state index contributed by atoms with van der Waals surface area (Å²) in [5.41, 5.74) is -0.809. The van der Waals surface area contributed by atoms with Crippen LogP contribution in [-0.2, 0) is 7.05 Å². The van der Waals surface area contributed by atoms with E-state index in [9.17, 15) is 14.7 Å². The molecule has 1 N–H and O–H groups in total. The number of aliphatic hydroxyl groups is 1. The van der Waals surface area contributed by atoms with Crippen molar-refractivity contribution in [2.24, 2.45) is 7.05 Å². The van der Waals surface area contributed by atoms with Crippen LogP contribution < -0.4 is 11.4 Å². The van der Waals surface area contributed by atoms with Gasteiger partial charge in [-0.3, -0.25) is 0 Å². The van der Waals surface area contributed by atoms with Crippen LogP contribution in [0.2, 0.25) is 0 Å². The van der Waals surface area contributed by atoms with Crippen molar-refractivity contribution < 1.29 is 5.11 Å². The van der Waals surface area contributed by atoms with Crippen LogP contribution in [0.15, 0.2) is 15.7 Å². The third-order valence-electron chi connectivity index (χ3n) is 2.50. The maximum atomic E-state index is 11.6. The van der Waals surface area contributed by atoms with E-state index in [1.165, 1.54) is 28.7 Å². The van der Waals surface area contributed by atoms with Crippen LogP contribution in [0.25, 0.3) is 6.20 Å². The molecule has 0 bridgehead atoms. The molecule has 0 spiro atoms. The molecule has 14 heavy (non-hydrogen) atoms. The van der Waals surface area contributed by atoms with E-state index in [-0.39, 0.29) is 0 Å². The highest BCUT2D eigenvalue weighted by molar-refractivity contribution is 5.25. The summed E-state index contributed by atoms with van der Waals surface area (Å²) < 4.78 is 3.46. The van der Waals surface area contributed by atoms with Gasteiger partial charge in [0.05, 0.1) is 12.1 Å². The molecule has 0 aromatic carbocycles. The van der Waals surface area contributed by atoms with Crippen LogP contribution in [0, 0.1) is 0 Å². The molecular formula is C8H11N3O3. The largest absolute Gasteiger partial charge is 0.387 e. The summed E-state index contributed by atoms with van der Waals surface area (Å²) in [6, 6.07) is -0.415. The Kier molecular flexibility index (Phi) is 1.75. The molecule has 1 aliphatic heterocycles. The number of aromatic nitrogens is 3. The summed E-state index contributed by atoms with van der Waals surface area (Å²) >= 11 is 0. The third kappa shape index (κ3) is 0.941. The summed E-state index contributed by atoms with van der Waals surface area (Å²) in [5.74, 6) is 0. The first-order valence-electron chi connectivity index (χ1n) is 4.30. The fourth-order valence-corrected chi connectivity index (χ4v) is 1.55. The van der Waals surface area contributed by atoms with Gasteiger partial charge < -0.3 is 5.11 Å². The van der Waals surface area contributed by atoms with Gasteiger partial charge in [-0.05, 0) is 13.0 Å². The van der Waals surface area contributed by atoms with E-state index in [0.717, 1.165) is 4.57 Å². The Morgan fingerprint density at radius 1 is 1.36 bits per heavy atom. The highest BCUT2D eigenvalue weighted by Gasteiger charge is 2.24. The van der Waals surface area contributed by atoms with Crippen LogP contribution in [-0.4, -0.2) is 25.1 Å². The lowest BCUT2D eigenvalue weighted by molar-refractivity contribution is 0.145. The Hall–Kier alpha value is -1.56. The van der Waals surface area contributed by atoms with Crippen molar-refractivity contribution >= 4 is 6.20 Å². The molecule has 0 unspecified atom stereocenters. The molecule has 2 atom stereocenters. The number of fused-ring (bicyclic) bond motifs is 1. The summed E-state index contributed by atoms with van der Waals surface area (Å²) in [5, 5.41) is 9.48. The van der Waals surface area contributed by atoms with E-state index in [4.69, 9.17) is 0 Å². The van der Waals surface area contributed by atoms with Crippen molar-refractivity contribution in [1.82, 2.24) is 13.9 Å². The summed E-state index contributed by atoms with van der Waals surface area (Å²) in [4.78, 5) is 23.0. The standard InChI is InChI=1S/C8H11N3O3/c1-5-6(12)3-4-10-7(13)9(2)8(14)11(5)10/h3-6,12H,1-2H3/t5-,6-/m0/s1. The molecule has 1 aromatic heterocycles. The van der Waals surface area contributed by atoms with E-state index >= 15 is 0 Å². The highest BCUT2D eigenvalue weighted by atomic mass is 16.3. The fraction of sp³-hybridized carbons (Fsp3) is 0.500. The molecule has 6 nitrogen and oxygen atoms in total. The van der Waals surface area contributed by atoms with Crippen LogP contribution in [0.4, 0.5) is 0 Å². The van der Waals surface area contributed by atoms with Crippen molar-refractivity contribution in [3.63, 3.8) is 0 Å². The Morgan fingerprint density at radius 2 is 2.00 bits per heavy atom. The second-order valence-electron chi connectivity index (χ2n) is 3.39. The van der Waals surface area contributed by atoms with Gasteiger partial charge >= 0.3 is 11.4 Å². The predicted octanol–water partition coefficient (Wildman–Crippen LogP) is -1.25. The lowest BCUT2D eigenvalue weighted by atomic mass is 10.2. The zero-order chi connectivity index (χ0) is 10.5. The molecule has 6 heteroatoms. The van der Waals surface area contributed by atoms with Crippen LogP contribution in [0.1, 0.15) is 13.0 Å².